The van der Waals surface area contributed by atoms with Crippen LogP contribution in [0.15, 0.2) is 61.3 Å². The number of rotatable bonds is 5. The van der Waals surface area contributed by atoms with Gasteiger partial charge in [-0.25, -0.2) is 9.97 Å². The number of halogens is 3. The van der Waals surface area contributed by atoms with Crippen molar-refractivity contribution in [3.05, 3.63) is 66.9 Å². The van der Waals surface area contributed by atoms with Crippen molar-refractivity contribution >= 4 is 80.7 Å². The Morgan fingerprint density at radius 3 is 2.67 bits per heavy atom. The molecule has 3 heterocycles. The molecule has 1 unspecified atom stereocenters. The molecule has 1 aromatic carbocycles. The van der Waals surface area contributed by atoms with Crippen LogP contribution in [-0.4, -0.2) is 53.9 Å². The number of fused-ring (bicyclic) bond motifs is 1. The van der Waals surface area contributed by atoms with Gasteiger partial charge in [0.15, 0.2) is 11.3 Å². The van der Waals surface area contributed by atoms with E-state index in [9.17, 15) is 4.79 Å². The van der Waals surface area contributed by atoms with Crippen molar-refractivity contribution < 1.29 is 4.79 Å². The number of carbonyl (C=O) groups excluding carboxylic acids is 1. The topological polar surface area (TPSA) is 74.2 Å². The Labute approximate surface area is 211 Å². The predicted octanol–water partition coefficient (Wildman–Crippen LogP) is 4.35. The molecule has 0 spiro atoms. The van der Waals surface area contributed by atoms with E-state index < -0.39 is 15.9 Å². The Bertz CT molecular complexity index is 1180. The molecule has 7 nitrogen and oxygen atoms in total. The molecule has 1 aliphatic rings. The van der Waals surface area contributed by atoms with E-state index in [0.29, 0.717) is 23.8 Å². The van der Waals surface area contributed by atoms with Gasteiger partial charge in [0.05, 0.1) is 11.2 Å². The zero-order valence-electron chi connectivity index (χ0n) is 17.2. The van der Waals surface area contributed by atoms with Gasteiger partial charge < -0.3 is 15.1 Å². The summed E-state index contributed by atoms with van der Waals surface area (Å²) in [6, 6.07) is 9.78. The molecule has 1 atom stereocenters. The summed E-state index contributed by atoms with van der Waals surface area (Å²) in [6.07, 6.45) is 8.99. The fraction of sp³-hybridized carbons (Fsp3) is 0.227. The Balaban J connectivity index is 1.58. The highest BCUT2D eigenvalue weighted by atomic mass is 35.6. The summed E-state index contributed by atoms with van der Waals surface area (Å²) in [6.45, 7) is 1.20. The molecule has 170 valence electrons. The number of amides is 1. The number of nitrogens with one attached hydrogen (secondary N) is 1. The Morgan fingerprint density at radius 1 is 1.15 bits per heavy atom. The monoisotopic (exact) mass is 520 g/mol. The molecular weight excluding hydrogens is 503 g/mol. The van der Waals surface area contributed by atoms with Crippen molar-refractivity contribution in [1.29, 1.82) is 0 Å². The Hall–Kier alpha value is -2.52. The molecule has 2 aromatic heterocycles. The fourth-order valence-electron chi connectivity index (χ4n) is 3.60. The highest BCUT2D eigenvalue weighted by Crippen LogP contribution is 2.35. The molecule has 1 N–H and O–H groups in total. The van der Waals surface area contributed by atoms with Gasteiger partial charge in [0.1, 0.15) is 6.33 Å². The number of carbonyl (C=O) groups is 1. The average Bonchev–Trinajstić information content (AvgIpc) is 2.81. The average molecular weight is 522 g/mol. The summed E-state index contributed by atoms with van der Waals surface area (Å²) in [5.41, 5.74) is 2.36. The molecule has 0 radical (unpaired) electrons. The number of hydrogen-bond donors (Lipinski definition) is 1. The molecule has 0 saturated carbocycles. The molecule has 4 rings (SSSR count). The van der Waals surface area contributed by atoms with Crippen molar-refractivity contribution in [2.75, 3.05) is 18.0 Å². The number of hydrogen-bond acceptors (Lipinski definition) is 5. The summed E-state index contributed by atoms with van der Waals surface area (Å²) < 4.78 is -1.83. The lowest BCUT2D eigenvalue weighted by atomic mass is 10.1. The normalized spacial score (nSPS) is 15.8. The zero-order chi connectivity index (χ0) is 23.4. The highest BCUT2D eigenvalue weighted by molar-refractivity contribution is 7.80. The van der Waals surface area contributed by atoms with Gasteiger partial charge in [0, 0.05) is 48.7 Å². The summed E-state index contributed by atoms with van der Waals surface area (Å²) >= 11 is 24.7. The van der Waals surface area contributed by atoms with Crippen LogP contribution in [0.2, 0.25) is 0 Å². The number of thiocarbonyl (C=S) groups is 1. The van der Waals surface area contributed by atoms with Gasteiger partial charge in [0.2, 0.25) is 9.70 Å². The van der Waals surface area contributed by atoms with Gasteiger partial charge in [-0.2, -0.15) is 0 Å². The van der Waals surface area contributed by atoms with E-state index in [1.807, 2.05) is 35.2 Å². The number of aromatic nitrogens is 3. The van der Waals surface area contributed by atoms with Crippen LogP contribution in [0.3, 0.4) is 0 Å². The second-order valence-electron chi connectivity index (χ2n) is 7.29. The van der Waals surface area contributed by atoms with Crippen molar-refractivity contribution in [3.63, 3.8) is 0 Å². The number of anilines is 1. The second-order valence-corrected chi connectivity index (χ2v) is 10.0. The van der Waals surface area contributed by atoms with Crippen LogP contribution >= 0.6 is 47.0 Å². The van der Waals surface area contributed by atoms with E-state index in [4.69, 9.17) is 47.0 Å². The summed E-state index contributed by atoms with van der Waals surface area (Å²) in [5.74, 6) is -0.443. The lowest BCUT2D eigenvalue weighted by Gasteiger charge is -2.44. The van der Waals surface area contributed by atoms with Crippen LogP contribution in [0, 0.1) is 0 Å². The molecule has 1 amide bonds. The number of para-hydroxylation sites is 1. The van der Waals surface area contributed by atoms with Crippen molar-refractivity contribution in [2.24, 2.45) is 0 Å². The van der Waals surface area contributed by atoms with Gasteiger partial charge in [-0.05, 0) is 36.8 Å². The minimum absolute atomic E-state index is 0.441. The summed E-state index contributed by atoms with van der Waals surface area (Å²) in [7, 11) is 0. The van der Waals surface area contributed by atoms with E-state index >= 15 is 0 Å². The maximum absolute atomic E-state index is 12.6. The number of alkyl halides is 3. The first-order valence-corrected chi connectivity index (χ1v) is 11.6. The van der Waals surface area contributed by atoms with Crippen molar-refractivity contribution in [1.82, 2.24) is 25.2 Å². The molecule has 3 aromatic rings. The lowest BCUT2D eigenvalue weighted by molar-refractivity contribution is -0.117. The predicted molar refractivity (Wildman–Crippen MR) is 136 cm³/mol. The molecule has 11 heteroatoms. The van der Waals surface area contributed by atoms with Gasteiger partial charge in [0.25, 0.3) is 0 Å². The Kier molecular flexibility index (Phi) is 7.29. The van der Waals surface area contributed by atoms with Crippen molar-refractivity contribution in [2.45, 2.75) is 16.4 Å². The number of nitrogens with zero attached hydrogens (tertiary/aromatic N) is 5. The first-order chi connectivity index (χ1) is 15.8. The maximum atomic E-state index is 12.6. The van der Waals surface area contributed by atoms with Crippen LogP contribution in [-0.2, 0) is 4.79 Å². The minimum Gasteiger partial charge on any atom is -0.328 e. The van der Waals surface area contributed by atoms with Crippen LogP contribution < -0.4 is 10.2 Å². The molecule has 33 heavy (non-hydrogen) atoms. The van der Waals surface area contributed by atoms with E-state index in [2.05, 4.69) is 20.3 Å². The van der Waals surface area contributed by atoms with Gasteiger partial charge in [-0.3, -0.25) is 9.78 Å². The largest absolute Gasteiger partial charge is 0.328 e. The van der Waals surface area contributed by atoms with Crippen LogP contribution in [0.25, 0.3) is 17.0 Å². The van der Waals surface area contributed by atoms with Crippen LogP contribution in [0.5, 0.6) is 0 Å². The highest BCUT2D eigenvalue weighted by Gasteiger charge is 2.42. The number of pyridine rings is 1. The SMILES string of the molecule is O=C(/C=C/c1cncnc1)NC(N1CCCN(c2cccc3cccnc23)C1=S)C(Cl)(Cl)Cl. The number of benzene rings is 1. The van der Waals surface area contributed by atoms with E-state index in [1.54, 1.807) is 29.6 Å². The van der Waals surface area contributed by atoms with Crippen molar-refractivity contribution in [3.8, 4) is 0 Å². The van der Waals surface area contributed by atoms with E-state index in [1.165, 1.54) is 12.4 Å². The van der Waals surface area contributed by atoms with Gasteiger partial charge in [-0.1, -0.05) is 53.0 Å². The summed E-state index contributed by atoms with van der Waals surface area (Å²) in [4.78, 5) is 28.7. The molecule has 0 aliphatic carbocycles. The second kappa shape index (κ2) is 10.2. The molecular formula is C22H19Cl3N6OS. The standard InChI is InChI=1S/C22H19Cl3N6OS/c23-22(24,25)20(29-18(32)8-7-15-12-26-14-27-13-15)31-11-3-10-30(21(31)33)17-6-1-4-16-5-2-9-28-19(16)17/h1-2,4-9,12-14,20H,3,10-11H2,(H,29,32)/b8-7+. The first-order valence-electron chi connectivity index (χ1n) is 10.1. The maximum Gasteiger partial charge on any atom is 0.245 e. The van der Waals surface area contributed by atoms with E-state index in [0.717, 1.165) is 23.0 Å². The smallest absolute Gasteiger partial charge is 0.245 e. The van der Waals surface area contributed by atoms with Gasteiger partial charge >= 0.3 is 0 Å². The molecule has 1 fully saturated rings. The molecule has 1 saturated heterocycles. The zero-order valence-corrected chi connectivity index (χ0v) is 20.3. The first kappa shape index (κ1) is 23.6. The van der Waals surface area contributed by atoms with Gasteiger partial charge in [-0.15, -0.1) is 0 Å². The fourth-order valence-corrected chi connectivity index (χ4v) is 4.51. The third kappa shape index (κ3) is 5.52. The quantitative estimate of drug-likeness (QED) is 0.304. The lowest BCUT2D eigenvalue weighted by Crippen LogP contribution is -2.62. The third-order valence-corrected chi connectivity index (χ3v) is 6.14. The minimum atomic E-state index is -1.83. The van der Waals surface area contributed by atoms with E-state index in [-0.39, 0.29) is 0 Å². The summed E-state index contributed by atoms with van der Waals surface area (Å²) in [5, 5.41) is 4.21. The molecule has 0 bridgehead atoms. The third-order valence-electron chi connectivity index (χ3n) is 5.07. The molecule has 1 aliphatic heterocycles. The van der Waals surface area contributed by atoms with Crippen LogP contribution in [0.1, 0.15) is 12.0 Å². The Morgan fingerprint density at radius 2 is 1.91 bits per heavy atom. The van der Waals surface area contributed by atoms with Crippen LogP contribution in [0.4, 0.5) is 5.69 Å².